The average molecular weight is 299 g/mol. The van der Waals surface area contributed by atoms with Crippen molar-refractivity contribution in [2.24, 2.45) is 5.92 Å². The zero-order valence-electron chi connectivity index (χ0n) is 10.8. The second-order valence-corrected chi connectivity index (χ2v) is 6.12. The molecular weight excluding hydrogens is 283 g/mol. The minimum absolute atomic E-state index is 0.0419. The molecule has 2 rings (SSSR count). The molecule has 102 valence electrons. The third-order valence-electron chi connectivity index (χ3n) is 2.92. The van der Waals surface area contributed by atoms with Gasteiger partial charge in [-0.1, -0.05) is 31.5 Å². The number of nitrogens with one attached hydrogen (secondary N) is 1. The van der Waals surface area contributed by atoms with Crippen molar-refractivity contribution in [2.45, 2.75) is 19.9 Å². The van der Waals surface area contributed by atoms with Gasteiger partial charge >= 0.3 is 0 Å². The molecule has 1 aromatic heterocycles. The molecule has 2 nitrogen and oxygen atoms in total. The highest BCUT2D eigenvalue weighted by atomic mass is 35.5. The van der Waals surface area contributed by atoms with Gasteiger partial charge in [0.25, 0.3) is 0 Å². The topological polar surface area (TPSA) is 38.0 Å². The number of hydrogen-bond acceptors (Lipinski definition) is 3. The van der Waals surface area contributed by atoms with E-state index in [-0.39, 0.29) is 11.1 Å². The molecule has 0 saturated carbocycles. The van der Waals surface area contributed by atoms with E-state index in [1.807, 2.05) is 11.4 Å². The molecule has 0 fully saturated rings. The lowest BCUT2D eigenvalue weighted by Crippen LogP contribution is -2.16. The Morgan fingerprint density at radius 3 is 2.68 bits per heavy atom. The van der Waals surface area contributed by atoms with Crippen LogP contribution in [0.3, 0.4) is 0 Å². The summed E-state index contributed by atoms with van der Waals surface area (Å²) in [5.74, 6) is -0.108. The van der Waals surface area contributed by atoms with Crippen LogP contribution in [0, 0.1) is 11.7 Å². The number of nitrogen functional groups attached to an aromatic ring is 1. The van der Waals surface area contributed by atoms with Gasteiger partial charge in [0.1, 0.15) is 5.82 Å². The third-order valence-corrected chi connectivity index (χ3v) is 4.16. The Labute approximate surface area is 121 Å². The van der Waals surface area contributed by atoms with Crippen LogP contribution < -0.4 is 11.1 Å². The van der Waals surface area contributed by atoms with Crippen molar-refractivity contribution >= 4 is 34.3 Å². The summed E-state index contributed by atoms with van der Waals surface area (Å²) in [5, 5.41) is 5.37. The Hall–Kier alpha value is -1.26. The van der Waals surface area contributed by atoms with Crippen LogP contribution in [0.25, 0.3) is 0 Å². The lowest BCUT2D eigenvalue weighted by atomic mass is 10.0. The highest BCUT2D eigenvalue weighted by Gasteiger charge is 2.18. The van der Waals surface area contributed by atoms with E-state index in [1.165, 1.54) is 17.0 Å². The molecule has 1 heterocycles. The largest absolute Gasteiger partial charge is 0.397 e. The van der Waals surface area contributed by atoms with Crippen LogP contribution in [0.4, 0.5) is 15.8 Å². The van der Waals surface area contributed by atoms with Crippen molar-refractivity contribution in [2.75, 3.05) is 11.1 Å². The van der Waals surface area contributed by atoms with Crippen LogP contribution in [0.1, 0.15) is 24.8 Å². The van der Waals surface area contributed by atoms with Crippen molar-refractivity contribution in [3.8, 4) is 0 Å². The van der Waals surface area contributed by atoms with Gasteiger partial charge in [-0.25, -0.2) is 4.39 Å². The van der Waals surface area contributed by atoms with Crippen LogP contribution in [0.15, 0.2) is 29.6 Å². The summed E-state index contributed by atoms with van der Waals surface area (Å²) in [6.07, 6.45) is 0. The summed E-state index contributed by atoms with van der Waals surface area (Å²) in [6, 6.07) is 6.95. The lowest BCUT2D eigenvalue weighted by Gasteiger charge is -2.23. The standard InChI is InChI=1S/C14H16ClFN2S/c1-8(2)14(13-4-3-5-19-13)18-12-7-10(16)9(15)6-11(12)17/h3-8,14,18H,17H2,1-2H3. The molecule has 19 heavy (non-hydrogen) atoms. The van der Waals surface area contributed by atoms with E-state index in [9.17, 15) is 4.39 Å². The molecule has 1 unspecified atom stereocenters. The summed E-state index contributed by atoms with van der Waals surface area (Å²) >= 11 is 7.37. The first-order chi connectivity index (χ1) is 8.99. The lowest BCUT2D eigenvalue weighted by molar-refractivity contribution is 0.553. The number of rotatable bonds is 4. The van der Waals surface area contributed by atoms with Crippen LogP contribution in [-0.2, 0) is 0 Å². The maximum Gasteiger partial charge on any atom is 0.143 e. The van der Waals surface area contributed by atoms with Crippen LogP contribution in [0.5, 0.6) is 0 Å². The Balaban J connectivity index is 2.30. The van der Waals surface area contributed by atoms with Crippen LogP contribution >= 0.6 is 22.9 Å². The van der Waals surface area contributed by atoms with Crippen LogP contribution in [-0.4, -0.2) is 0 Å². The summed E-state index contributed by atoms with van der Waals surface area (Å²) in [7, 11) is 0. The van der Waals surface area contributed by atoms with E-state index < -0.39 is 5.82 Å². The Kier molecular flexibility index (Phi) is 4.32. The van der Waals surface area contributed by atoms with Crippen molar-refractivity contribution in [1.82, 2.24) is 0 Å². The van der Waals surface area contributed by atoms with E-state index in [4.69, 9.17) is 17.3 Å². The highest BCUT2D eigenvalue weighted by molar-refractivity contribution is 7.10. The minimum atomic E-state index is -0.466. The first kappa shape index (κ1) is 14.2. The van der Waals surface area contributed by atoms with Crippen molar-refractivity contribution in [1.29, 1.82) is 0 Å². The number of anilines is 2. The maximum atomic E-state index is 13.5. The molecule has 0 aliphatic carbocycles. The summed E-state index contributed by atoms with van der Waals surface area (Å²) in [6.45, 7) is 4.22. The SMILES string of the molecule is CC(C)C(Nc1cc(F)c(Cl)cc1N)c1cccs1. The second-order valence-electron chi connectivity index (χ2n) is 4.74. The monoisotopic (exact) mass is 298 g/mol. The molecule has 0 bridgehead atoms. The fraction of sp³-hybridized carbons (Fsp3) is 0.286. The molecule has 0 aliphatic rings. The van der Waals surface area contributed by atoms with E-state index in [0.29, 0.717) is 17.3 Å². The fourth-order valence-electron chi connectivity index (χ4n) is 1.89. The predicted octanol–water partition coefficient (Wildman–Crippen LogP) is 4.93. The normalized spacial score (nSPS) is 12.7. The Morgan fingerprint density at radius 2 is 2.11 bits per heavy atom. The van der Waals surface area contributed by atoms with Gasteiger partial charge in [0, 0.05) is 10.9 Å². The summed E-state index contributed by atoms with van der Waals surface area (Å²) < 4.78 is 13.5. The first-order valence-corrected chi connectivity index (χ1v) is 7.29. The van der Waals surface area contributed by atoms with Gasteiger partial charge in [-0.3, -0.25) is 0 Å². The predicted molar refractivity (Wildman–Crippen MR) is 81.3 cm³/mol. The molecule has 1 atom stereocenters. The quantitative estimate of drug-likeness (QED) is 0.785. The molecule has 2 aromatic rings. The van der Waals surface area contributed by atoms with Crippen molar-refractivity contribution in [3.05, 3.63) is 45.4 Å². The zero-order valence-corrected chi connectivity index (χ0v) is 12.4. The van der Waals surface area contributed by atoms with Crippen LogP contribution in [0.2, 0.25) is 5.02 Å². The van der Waals surface area contributed by atoms with Crippen molar-refractivity contribution < 1.29 is 4.39 Å². The third kappa shape index (κ3) is 3.19. The van der Waals surface area contributed by atoms with E-state index in [0.717, 1.165) is 0 Å². The molecular formula is C14H16ClFN2S. The zero-order chi connectivity index (χ0) is 14.0. The van der Waals surface area contributed by atoms with Gasteiger partial charge in [-0.15, -0.1) is 11.3 Å². The summed E-state index contributed by atoms with van der Waals surface area (Å²) in [4.78, 5) is 1.20. The smallest absolute Gasteiger partial charge is 0.143 e. The fourth-order valence-corrected chi connectivity index (χ4v) is 3.01. The molecule has 0 radical (unpaired) electrons. The molecule has 1 aromatic carbocycles. The highest BCUT2D eigenvalue weighted by Crippen LogP contribution is 2.33. The number of benzene rings is 1. The van der Waals surface area contributed by atoms with Crippen molar-refractivity contribution in [3.63, 3.8) is 0 Å². The maximum absolute atomic E-state index is 13.5. The van der Waals surface area contributed by atoms with Gasteiger partial charge in [0.05, 0.1) is 22.4 Å². The molecule has 3 N–H and O–H groups in total. The number of halogens is 2. The molecule has 0 aliphatic heterocycles. The number of nitrogens with two attached hydrogens (primary N) is 1. The number of hydrogen-bond donors (Lipinski definition) is 2. The van der Waals surface area contributed by atoms with Gasteiger partial charge in [-0.2, -0.15) is 0 Å². The van der Waals surface area contributed by atoms with E-state index >= 15 is 0 Å². The van der Waals surface area contributed by atoms with Gasteiger partial charge in [0.15, 0.2) is 0 Å². The molecule has 0 amide bonds. The van der Waals surface area contributed by atoms with E-state index in [1.54, 1.807) is 11.3 Å². The molecule has 0 spiro atoms. The van der Waals surface area contributed by atoms with E-state index in [2.05, 4.69) is 25.2 Å². The van der Waals surface area contributed by atoms with Gasteiger partial charge < -0.3 is 11.1 Å². The Bertz CT molecular complexity index is 555. The van der Waals surface area contributed by atoms with Gasteiger partial charge in [-0.05, 0) is 23.4 Å². The summed E-state index contributed by atoms with van der Waals surface area (Å²) in [5.41, 5.74) is 6.91. The molecule has 0 saturated heterocycles. The Morgan fingerprint density at radius 1 is 1.37 bits per heavy atom. The number of thiophene rings is 1. The molecule has 5 heteroatoms. The minimum Gasteiger partial charge on any atom is -0.397 e. The first-order valence-electron chi connectivity index (χ1n) is 6.03. The average Bonchev–Trinajstić information content (AvgIpc) is 2.85. The van der Waals surface area contributed by atoms with Gasteiger partial charge in [0.2, 0.25) is 0 Å². The second kappa shape index (κ2) is 5.80.